The molecule has 0 unspecified atom stereocenters. The smallest absolute Gasteiger partial charge is 0.250 e. The number of hydrogen-bond acceptors (Lipinski definition) is 1. The Morgan fingerprint density at radius 2 is 1.33 bits per heavy atom. The minimum atomic E-state index is -0.254. The first-order chi connectivity index (χ1) is 23.2. The lowest BCUT2D eigenvalue weighted by Gasteiger charge is -2.26. The molecule has 236 valence electrons. The predicted molar refractivity (Wildman–Crippen MR) is 199 cm³/mol. The number of benzene rings is 5. The monoisotopic (exact) mass is 625 g/mol. The van der Waals surface area contributed by atoms with Crippen LogP contribution in [0, 0.1) is 13.8 Å². The van der Waals surface area contributed by atoms with Crippen LogP contribution in [0.4, 0.5) is 0 Å². The van der Waals surface area contributed by atoms with Gasteiger partial charge in [0.25, 0.3) is 0 Å². The van der Waals surface area contributed by atoms with Crippen molar-refractivity contribution in [1.82, 2.24) is 14.1 Å². The largest absolute Gasteiger partial charge is 0.294 e. The highest BCUT2D eigenvalue weighted by Gasteiger charge is 2.27. The molecule has 8 aromatic rings. The number of para-hydroxylation sites is 3. The third kappa shape index (κ3) is 4.74. The zero-order valence-electron chi connectivity index (χ0n) is 28.6. The molecule has 4 nitrogen and oxygen atoms in total. The summed E-state index contributed by atoms with van der Waals surface area (Å²) in [7, 11) is 0. The van der Waals surface area contributed by atoms with Crippen molar-refractivity contribution in [1.29, 1.82) is 0 Å². The van der Waals surface area contributed by atoms with E-state index in [0.29, 0.717) is 6.04 Å². The van der Waals surface area contributed by atoms with E-state index in [1.54, 1.807) is 0 Å². The average Bonchev–Trinajstić information content (AvgIpc) is 3.65. The molecule has 4 heteroatoms. The fourth-order valence-electron chi connectivity index (χ4n) is 7.54. The lowest BCUT2D eigenvalue weighted by atomic mass is 9.77. The van der Waals surface area contributed by atoms with Crippen LogP contribution < -0.4 is 4.57 Å². The van der Waals surface area contributed by atoms with Crippen LogP contribution in [-0.2, 0) is 5.41 Å². The van der Waals surface area contributed by atoms with Gasteiger partial charge in [-0.15, -0.1) is 0 Å². The molecule has 0 aliphatic heterocycles. The van der Waals surface area contributed by atoms with Crippen LogP contribution in [-0.4, -0.2) is 14.1 Å². The predicted octanol–water partition coefficient (Wildman–Crippen LogP) is 10.6. The maximum Gasteiger partial charge on any atom is 0.250 e. The summed E-state index contributed by atoms with van der Waals surface area (Å²) in [6.07, 6.45) is 4.19. The number of rotatable bonds is 6. The van der Waals surface area contributed by atoms with Crippen molar-refractivity contribution in [3.8, 4) is 22.6 Å². The molecule has 0 bridgehead atoms. The maximum atomic E-state index is 4.96. The summed E-state index contributed by atoms with van der Waals surface area (Å²) in [5, 5.41) is 2.46. The number of nitrogens with zero attached hydrogens (tertiary/aromatic N) is 4. The van der Waals surface area contributed by atoms with E-state index in [1.165, 1.54) is 66.4 Å². The van der Waals surface area contributed by atoms with Gasteiger partial charge in [0.15, 0.2) is 11.0 Å². The quantitative estimate of drug-likeness (QED) is 0.169. The lowest BCUT2D eigenvalue weighted by molar-refractivity contribution is -0.691. The molecule has 0 fully saturated rings. The molecule has 0 spiro atoms. The molecule has 0 atom stereocenters. The number of aromatic nitrogens is 4. The van der Waals surface area contributed by atoms with Gasteiger partial charge in [-0.05, 0) is 110 Å². The summed E-state index contributed by atoms with van der Waals surface area (Å²) in [4.78, 5) is 4.96. The highest BCUT2D eigenvalue weighted by molar-refractivity contribution is 6.09. The van der Waals surface area contributed by atoms with Gasteiger partial charge in [0.1, 0.15) is 11.5 Å². The Morgan fingerprint density at radius 3 is 2.12 bits per heavy atom. The first kappa shape index (κ1) is 29.9. The second-order valence-electron chi connectivity index (χ2n) is 13.9. The lowest BCUT2D eigenvalue weighted by Crippen LogP contribution is -2.34. The molecular formula is C44H41N4+. The summed E-state index contributed by atoms with van der Waals surface area (Å²) < 4.78 is 7.02. The Hall–Kier alpha value is -5.48. The first-order valence-electron chi connectivity index (χ1n) is 16.9. The van der Waals surface area contributed by atoms with Gasteiger partial charge >= 0.3 is 0 Å². The summed E-state index contributed by atoms with van der Waals surface area (Å²) in [6, 6.07) is 44.6. The van der Waals surface area contributed by atoms with Crippen LogP contribution in [0.2, 0.25) is 0 Å². The van der Waals surface area contributed by atoms with Crippen molar-refractivity contribution in [2.45, 2.75) is 53.0 Å². The Balaban J connectivity index is 1.28. The summed E-state index contributed by atoms with van der Waals surface area (Å²) in [5.74, 6) is 0.927. The van der Waals surface area contributed by atoms with Crippen LogP contribution in [0.15, 0.2) is 134 Å². The molecule has 5 aromatic carbocycles. The number of fused-ring (bicyclic) bond motifs is 4. The van der Waals surface area contributed by atoms with E-state index in [0.717, 1.165) is 11.3 Å². The molecule has 0 aliphatic rings. The van der Waals surface area contributed by atoms with Gasteiger partial charge in [0, 0.05) is 22.4 Å². The van der Waals surface area contributed by atoms with Crippen molar-refractivity contribution in [2.24, 2.45) is 0 Å². The van der Waals surface area contributed by atoms with E-state index < -0.39 is 0 Å². The molecule has 3 heterocycles. The van der Waals surface area contributed by atoms with Gasteiger partial charge in [-0.2, -0.15) is 4.57 Å². The summed E-state index contributed by atoms with van der Waals surface area (Å²) in [5.41, 5.74) is 13.2. The van der Waals surface area contributed by atoms with E-state index in [2.05, 4.69) is 183 Å². The van der Waals surface area contributed by atoms with Crippen LogP contribution in [0.3, 0.4) is 0 Å². The third-order valence-corrected chi connectivity index (χ3v) is 10.2. The minimum absolute atomic E-state index is 0.254. The number of aryl methyl sites for hydroxylation is 2. The van der Waals surface area contributed by atoms with Crippen LogP contribution in [0.25, 0.3) is 55.5 Å². The van der Waals surface area contributed by atoms with Crippen molar-refractivity contribution in [3.05, 3.63) is 156 Å². The van der Waals surface area contributed by atoms with Crippen molar-refractivity contribution < 1.29 is 4.57 Å². The van der Waals surface area contributed by atoms with Gasteiger partial charge in [0.2, 0.25) is 6.33 Å². The van der Waals surface area contributed by atoms with Gasteiger partial charge in [-0.3, -0.25) is 4.57 Å². The normalized spacial score (nSPS) is 12.1. The van der Waals surface area contributed by atoms with Crippen LogP contribution >= 0.6 is 0 Å². The van der Waals surface area contributed by atoms with E-state index >= 15 is 0 Å². The van der Waals surface area contributed by atoms with Crippen molar-refractivity contribution in [3.63, 3.8) is 0 Å². The van der Waals surface area contributed by atoms with Crippen molar-refractivity contribution >= 4 is 32.8 Å². The Bertz CT molecular complexity index is 2470. The highest BCUT2D eigenvalue weighted by atomic mass is 15.1. The second kappa shape index (κ2) is 11.3. The van der Waals surface area contributed by atoms with Gasteiger partial charge in [-0.25, -0.2) is 9.55 Å². The Kier molecular flexibility index (Phi) is 7.06. The van der Waals surface area contributed by atoms with E-state index in [4.69, 9.17) is 4.98 Å². The fraction of sp³-hybridized carbons (Fsp3) is 0.182. The molecule has 8 rings (SSSR count). The zero-order chi connectivity index (χ0) is 33.2. The van der Waals surface area contributed by atoms with Gasteiger partial charge < -0.3 is 0 Å². The Morgan fingerprint density at radius 1 is 0.646 bits per heavy atom. The summed E-state index contributed by atoms with van der Waals surface area (Å²) in [6.45, 7) is 13.5. The van der Waals surface area contributed by atoms with Crippen LogP contribution in [0.5, 0.6) is 0 Å². The average molecular weight is 626 g/mol. The molecule has 0 radical (unpaired) electrons. The molecule has 0 aliphatic carbocycles. The standard InChI is InChI=1S/C44H41N4/c1-29(2)46-28-47(40-20-10-9-19-39(40)46)35-16-12-15-33(26-35)44(5,6)34-21-22-37-36-17-7-8-18-38(36)48(41(37)27-34)42-25-32(23-24-45-42)43-30(3)13-11-14-31(43)4/h7-29H,1-6H3/q+1. The molecule has 48 heavy (non-hydrogen) atoms. The topological polar surface area (TPSA) is 26.6 Å². The van der Waals surface area contributed by atoms with E-state index in [1.807, 2.05) is 6.20 Å². The van der Waals surface area contributed by atoms with Gasteiger partial charge in [0.05, 0.1) is 17.1 Å². The molecule has 0 saturated heterocycles. The van der Waals surface area contributed by atoms with E-state index in [-0.39, 0.29) is 5.41 Å². The highest BCUT2D eigenvalue weighted by Crippen LogP contribution is 2.39. The molecule has 0 amide bonds. The SMILES string of the molecule is Cc1cccc(C)c1-c1ccnc(-n2c3ccccc3c3ccc(C(C)(C)c4cccc(-n5c[n+](C(C)C)c6ccccc65)c4)cc32)c1. The van der Waals surface area contributed by atoms with Crippen molar-refractivity contribution in [2.75, 3.05) is 0 Å². The molecular weight excluding hydrogens is 585 g/mol. The number of imidazole rings is 1. The maximum absolute atomic E-state index is 4.96. The number of pyridine rings is 1. The molecule has 0 saturated carbocycles. The third-order valence-electron chi connectivity index (χ3n) is 10.2. The second-order valence-corrected chi connectivity index (χ2v) is 13.9. The van der Waals surface area contributed by atoms with E-state index in [9.17, 15) is 0 Å². The Labute approximate surface area is 282 Å². The molecule has 0 N–H and O–H groups in total. The first-order valence-corrected chi connectivity index (χ1v) is 16.9. The fourth-order valence-corrected chi connectivity index (χ4v) is 7.54. The minimum Gasteiger partial charge on any atom is -0.294 e. The van der Waals surface area contributed by atoms with Crippen LogP contribution in [0.1, 0.15) is 56.0 Å². The summed E-state index contributed by atoms with van der Waals surface area (Å²) >= 11 is 0. The number of hydrogen-bond donors (Lipinski definition) is 0. The zero-order valence-corrected chi connectivity index (χ0v) is 28.6. The van der Waals surface area contributed by atoms with Gasteiger partial charge in [-0.1, -0.05) is 86.6 Å². The molecule has 3 aromatic heterocycles.